The van der Waals surface area contributed by atoms with E-state index in [4.69, 9.17) is 10.00 Å². The summed E-state index contributed by atoms with van der Waals surface area (Å²) in [5, 5.41) is 19.4. The van der Waals surface area contributed by atoms with E-state index in [0.29, 0.717) is 22.2 Å². The number of hydrogen-bond acceptors (Lipinski definition) is 6. The SMILES string of the molecule is N#CCOc1ccc(Br)cc1C=NN=C1NC(=O)CS1. The Balaban J connectivity index is 2.13. The number of amidine groups is 1. The maximum Gasteiger partial charge on any atom is 0.236 e. The van der Waals surface area contributed by atoms with Crippen molar-refractivity contribution in [1.82, 2.24) is 5.32 Å². The number of nitrogens with zero attached hydrogens (tertiary/aromatic N) is 3. The molecule has 1 aromatic carbocycles. The van der Waals surface area contributed by atoms with E-state index < -0.39 is 0 Å². The van der Waals surface area contributed by atoms with Gasteiger partial charge in [-0.15, -0.1) is 5.10 Å². The molecule has 0 bridgehead atoms. The molecule has 1 amide bonds. The molecule has 20 heavy (non-hydrogen) atoms. The summed E-state index contributed by atoms with van der Waals surface area (Å²) in [6, 6.07) is 7.26. The molecule has 8 heteroatoms. The zero-order valence-corrected chi connectivity index (χ0v) is 12.6. The molecule has 0 atom stereocenters. The van der Waals surface area contributed by atoms with E-state index in [1.165, 1.54) is 18.0 Å². The zero-order valence-electron chi connectivity index (χ0n) is 10.2. The van der Waals surface area contributed by atoms with Gasteiger partial charge in [0.2, 0.25) is 5.91 Å². The van der Waals surface area contributed by atoms with Crippen molar-refractivity contribution in [2.24, 2.45) is 10.2 Å². The van der Waals surface area contributed by atoms with Crippen molar-refractivity contribution >= 4 is 45.0 Å². The molecule has 1 saturated heterocycles. The lowest BCUT2D eigenvalue weighted by atomic mass is 10.2. The van der Waals surface area contributed by atoms with E-state index in [9.17, 15) is 4.79 Å². The first kappa shape index (κ1) is 14.6. The molecule has 102 valence electrons. The Labute approximate surface area is 128 Å². The molecule has 1 N–H and O–H groups in total. The number of amides is 1. The third-order valence-corrected chi connectivity index (χ3v) is 3.55. The predicted molar refractivity (Wildman–Crippen MR) is 80.9 cm³/mol. The number of hydrogen-bond donors (Lipinski definition) is 1. The summed E-state index contributed by atoms with van der Waals surface area (Å²) >= 11 is 4.65. The summed E-state index contributed by atoms with van der Waals surface area (Å²) < 4.78 is 6.14. The van der Waals surface area contributed by atoms with Gasteiger partial charge in [-0.3, -0.25) is 4.79 Å². The van der Waals surface area contributed by atoms with E-state index in [2.05, 4.69) is 31.4 Å². The number of nitriles is 1. The van der Waals surface area contributed by atoms with Crippen LogP contribution in [0.1, 0.15) is 5.56 Å². The van der Waals surface area contributed by atoms with Crippen LogP contribution in [0.2, 0.25) is 0 Å². The topological polar surface area (TPSA) is 86.8 Å². The number of rotatable bonds is 4. The summed E-state index contributed by atoms with van der Waals surface area (Å²) in [7, 11) is 0. The van der Waals surface area contributed by atoms with E-state index in [1.54, 1.807) is 12.1 Å². The largest absolute Gasteiger partial charge is 0.478 e. The minimum Gasteiger partial charge on any atom is -0.478 e. The van der Waals surface area contributed by atoms with Crippen LogP contribution in [-0.2, 0) is 4.79 Å². The number of ether oxygens (including phenoxy) is 1. The number of halogens is 1. The number of carbonyl (C=O) groups is 1. The normalized spacial score (nSPS) is 16.4. The fourth-order valence-electron chi connectivity index (χ4n) is 1.38. The van der Waals surface area contributed by atoms with E-state index >= 15 is 0 Å². The monoisotopic (exact) mass is 352 g/mol. The Morgan fingerprint density at radius 1 is 1.60 bits per heavy atom. The first-order chi connectivity index (χ1) is 9.69. The van der Waals surface area contributed by atoms with E-state index in [0.717, 1.165) is 4.47 Å². The molecule has 0 aliphatic carbocycles. The van der Waals surface area contributed by atoms with Gasteiger partial charge in [-0.05, 0) is 18.2 Å². The number of carbonyl (C=O) groups excluding carboxylic acids is 1. The van der Waals surface area contributed by atoms with Gasteiger partial charge in [0.1, 0.15) is 11.8 Å². The van der Waals surface area contributed by atoms with Gasteiger partial charge in [0.25, 0.3) is 0 Å². The van der Waals surface area contributed by atoms with E-state index in [-0.39, 0.29) is 12.5 Å². The number of nitrogens with one attached hydrogen (secondary N) is 1. The van der Waals surface area contributed by atoms with Gasteiger partial charge in [0, 0.05) is 10.0 Å². The third-order valence-electron chi connectivity index (χ3n) is 2.20. The maximum absolute atomic E-state index is 11.0. The summed E-state index contributed by atoms with van der Waals surface area (Å²) in [5.74, 6) is 0.827. The lowest BCUT2D eigenvalue weighted by Gasteiger charge is -2.05. The van der Waals surface area contributed by atoms with Gasteiger partial charge >= 0.3 is 0 Å². The van der Waals surface area contributed by atoms with E-state index in [1.807, 2.05) is 12.1 Å². The average Bonchev–Trinajstić information content (AvgIpc) is 2.84. The van der Waals surface area contributed by atoms with Crippen molar-refractivity contribution in [3.63, 3.8) is 0 Å². The molecule has 2 rings (SSSR count). The maximum atomic E-state index is 11.0. The third kappa shape index (κ3) is 4.08. The highest BCUT2D eigenvalue weighted by Crippen LogP contribution is 2.22. The Morgan fingerprint density at radius 3 is 3.15 bits per heavy atom. The van der Waals surface area contributed by atoms with Crippen molar-refractivity contribution < 1.29 is 9.53 Å². The van der Waals surface area contributed by atoms with Crippen LogP contribution in [-0.4, -0.2) is 29.6 Å². The lowest BCUT2D eigenvalue weighted by Crippen LogP contribution is -2.19. The molecule has 0 aromatic heterocycles. The fourth-order valence-corrected chi connectivity index (χ4v) is 2.39. The van der Waals surface area contributed by atoms with Crippen molar-refractivity contribution in [1.29, 1.82) is 5.26 Å². The molecule has 0 radical (unpaired) electrons. The van der Waals surface area contributed by atoms with Crippen molar-refractivity contribution in [3.05, 3.63) is 28.2 Å². The second-order valence-electron chi connectivity index (χ2n) is 3.62. The molecule has 1 aliphatic rings. The van der Waals surface area contributed by atoms with Gasteiger partial charge in [-0.2, -0.15) is 10.4 Å². The quantitative estimate of drug-likeness (QED) is 0.662. The summed E-state index contributed by atoms with van der Waals surface area (Å²) in [6.07, 6.45) is 1.51. The average molecular weight is 353 g/mol. The zero-order chi connectivity index (χ0) is 14.4. The van der Waals surface area contributed by atoms with Gasteiger partial charge in [-0.1, -0.05) is 27.7 Å². The van der Waals surface area contributed by atoms with Crippen LogP contribution >= 0.6 is 27.7 Å². The molecule has 6 nitrogen and oxygen atoms in total. The Kier molecular flexibility index (Phi) is 5.15. The van der Waals surface area contributed by atoms with Gasteiger partial charge in [-0.25, -0.2) is 0 Å². The van der Waals surface area contributed by atoms with Crippen LogP contribution in [0.25, 0.3) is 0 Å². The molecule has 0 unspecified atom stereocenters. The van der Waals surface area contributed by atoms with Gasteiger partial charge in [0.15, 0.2) is 11.8 Å². The smallest absolute Gasteiger partial charge is 0.236 e. The van der Waals surface area contributed by atoms with Crippen molar-refractivity contribution in [2.45, 2.75) is 0 Å². The Bertz CT molecular complexity index is 624. The van der Waals surface area contributed by atoms with Crippen molar-refractivity contribution in [2.75, 3.05) is 12.4 Å². The second-order valence-corrected chi connectivity index (χ2v) is 5.50. The Morgan fingerprint density at radius 2 is 2.45 bits per heavy atom. The molecule has 1 aromatic rings. The molecule has 1 fully saturated rings. The fraction of sp³-hybridized carbons (Fsp3) is 0.167. The molecular formula is C12H9BrN4O2S. The molecule has 1 aliphatic heterocycles. The van der Waals surface area contributed by atoms with Crippen LogP contribution in [0, 0.1) is 11.3 Å². The molecular weight excluding hydrogens is 344 g/mol. The highest BCUT2D eigenvalue weighted by atomic mass is 79.9. The minimum absolute atomic E-state index is 0.0388. The van der Waals surface area contributed by atoms with Crippen LogP contribution in [0.3, 0.4) is 0 Å². The predicted octanol–water partition coefficient (Wildman–Crippen LogP) is 1.90. The molecule has 0 spiro atoms. The lowest BCUT2D eigenvalue weighted by molar-refractivity contribution is -0.116. The summed E-state index contributed by atoms with van der Waals surface area (Å²) in [4.78, 5) is 11.0. The highest BCUT2D eigenvalue weighted by molar-refractivity contribution is 9.10. The number of benzene rings is 1. The summed E-state index contributed by atoms with van der Waals surface area (Å²) in [6.45, 7) is -0.0388. The Hall–Kier alpha value is -1.85. The van der Waals surface area contributed by atoms with Gasteiger partial charge < -0.3 is 10.1 Å². The summed E-state index contributed by atoms with van der Waals surface area (Å²) in [5.41, 5.74) is 0.688. The molecule has 1 heterocycles. The van der Waals surface area contributed by atoms with Crippen LogP contribution < -0.4 is 10.1 Å². The van der Waals surface area contributed by atoms with Crippen LogP contribution in [0.15, 0.2) is 32.9 Å². The van der Waals surface area contributed by atoms with Crippen LogP contribution in [0.5, 0.6) is 5.75 Å². The molecule has 0 saturated carbocycles. The van der Waals surface area contributed by atoms with Crippen molar-refractivity contribution in [3.8, 4) is 11.8 Å². The van der Waals surface area contributed by atoms with Gasteiger partial charge in [0.05, 0.1) is 12.0 Å². The standard InChI is InChI=1S/C12H9BrN4O2S/c13-9-1-2-10(19-4-3-14)8(5-9)6-15-17-12-16-11(18)7-20-12/h1-2,5-6H,4,7H2,(H,16,17,18). The first-order valence-corrected chi connectivity index (χ1v) is 7.30. The first-order valence-electron chi connectivity index (χ1n) is 5.52. The van der Waals surface area contributed by atoms with Crippen LogP contribution in [0.4, 0.5) is 0 Å². The second kappa shape index (κ2) is 7.07. The highest BCUT2D eigenvalue weighted by Gasteiger charge is 2.15. The number of thioether (sulfide) groups is 1. The minimum atomic E-state index is -0.0792.